The third-order valence-electron chi connectivity index (χ3n) is 6.55. The Morgan fingerprint density at radius 2 is 1.66 bits per heavy atom. The zero-order chi connectivity index (χ0) is 29.2. The molecule has 1 N–H and O–H groups in total. The summed E-state index contributed by atoms with van der Waals surface area (Å²) in [6.45, 7) is 4.80. The molecule has 1 aliphatic heterocycles. The van der Waals surface area contributed by atoms with Crippen LogP contribution in [0.15, 0.2) is 88.2 Å². The number of unbranched alkanes of at least 4 members (excludes halogenated alkanes) is 3. The minimum atomic E-state index is -4.09. The fourth-order valence-electron chi connectivity index (χ4n) is 4.26. The molecule has 0 bridgehead atoms. The van der Waals surface area contributed by atoms with Crippen LogP contribution in [0.5, 0.6) is 5.75 Å². The summed E-state index contributed by atoms with van der Waals surface area (Å²) >= 11 is 0.973. The quantitative estimate of drug-likeness (QED) is 0.229. The van der Waals surface area contributed by atoms with Crippen LogP contribution in [0.2, 0.25) is 0 Å². The molecule has 0 spiro atoms. The molecule has 0 aliphatic carbocycles. The zero-order valence-corrected chi connectivity index (χ0v) is 24.9. The third-order valence-corrected chi connectivity index (χ3v) is 9.09. The molecule has 1 unspecified atom stereocenters. The summed E-state index contributed by atoms with van der Waals surface area (Å²) in [5.41, 5.74) is 2.06. The SMILES string of the molecule is CCCCCCOc1ccc(NC(=O)CC2S/C(=N/S(=O)(=O)c3ccc(CC)cc3)N(c3ccccc3)C2=O)cc1. The maximum Gasteiger partial charge on any atom is 0.284 e. The monoisotopic (exact) mass is 593 g/mol. The minimum Gasteiger partial charge on any atom is -0.494 e. The number of rotatable bonds is 13. The highest BCUT2D eigenvalue weighted by atomic mass is 32.2. The summed E-state index contributed by atoms with van der Waals surface area (Å²) < 4.78 is 36.1. The molecule has 8 nitrogen and oxygen atoms in total. The number of amides is 2. The number of nitrogens with one attached hydrogen (secondary N) is 1. The molecule has 1 atom stereocenters. The van der Waals surface area contributed by atoms with Crippen LogP contribution in [-0.4, -0.2) is 37.3 Å². The zero-order valence-electron chi connectivity index (χ0n) is 23.3. The first-order chi connectivity index (χ1) is 19.8. The molecule has 1 fully saturated rings. The van der Waals surface area contributed by atoms with Gasteiger partial charge in [-0.15, -0.1) is 4.40 Å². The fraction of sp³-hybridized carbons (Fsp3) is 0.323. The maximum absolute atomic E-state index is 13.5. The molecule has 3 aromatic rings. The van der Waals surface area contributed by atoms with Crippen molar-refractivity contribution in [2.45, 2.75) is 62.5 Å². The van der Waals surface area contributed by atoms with Crippen molar-refractivity contribution in [1.29, 1.82) is 0 Å². The molecule has 0 radical (unpaired) electrons. The van der Waals surface area contributed by atoms with Crippen molar-refractivity contribution < 1.29 is 22.7 Å². The van der Waals surface area contributed by atoms with Gasteiger partial charge in [0.05, 0.1) is 17.2 Å². The molecule has 1 aliphatic rings. The van der Waals surface area contributed by atoms with Gasteiger partial charge in [0.1, 0.15) is 11.0 Å². The smallest absolute Gasteiger partial charge is 0.284 e. The second-order valence-corrected chi connectivity index (χ2v) is 12.4. The molecule has 41 heavy (non-hydrogen) atoms. The number of nitrogens with zero attached hydrogens (tertiary/aromatic N) is 2. The van der Waals surface area contributed by atoms with Gasteiger partial charge in [-0.25, -0.2) is 0 Å². The number of hydrogen-bond acceptors (Lipinski definition) is 6. The van der Waals surface area contributed by atoms with E-state index >= 15 is 0 Å². The Morgan fingerprint density at radius 3 is 2.32 bits per heavy atom. The average Bonchev–Trinajstić information content (AvgIpc) is 3.27. The van der Waals surface area contributed by atoms with E-state index in [0.717, 1.165) is 42.3 Å². The predicted octanol–water partition coefficient (Wildman–Crippen LogP) is 6.43. The van der Waals surface area contributed by atoms with Crippen LogP contribution in [0.1, 0.15) is 51.5 Å². The van der Waals surface area contributed by atoms with Crippen molar-refractivity contribution in [3.05, 3.63) is 84.4 Å². The van der Waals surface area contributed by atoms with E-state index < -0.39 is 21.2 Å². The van der Waals surface area contributed by atoms with Crippen LogP contribution >= 0.6 is 11.8 Å². The molecule has 2 amide bonds. The Kier molecular flexibility index (Phi) is 10.6. The van der Waals surface area contributed by atoms with Crippen LogP contribution in [-0.2, 0) is 26.0 Å². The highest BCUT2D eigenvalue weighted by Gasteiger charge is 2.41. The fourth-order valence-corrected chi connectivity index (χ4v) is 6.60. The van der Waals surface area contributed by atoms with Gasteiger partial charge in [0, 0.05) is 12.1 Å². The third kappa shape index (κ3) is 8.20. The predicted molar refractivity (Wildman–Crippen MR) is 165 cm³/mol. The van der Waals surface area contributed by atoms with Gasteiger partial charge in [0.15, 0.2) is 5.17 Å². The standard InChI is InChI=1S/C31H35N3O5S2/c1-3-5-6-10-21-39-26-17-15-24(16-18-26)32-29(35)22-28-30(36)34(25-11-8-7-9-12-25)31(40-28)33-41(37,38)27-19-13-23(4-2)14-20-27/h7-9,11-20,28H,3-6,10,21-22H2,1-2H3,(H,32,35)/b33-31+. The highest BCUT2D eigenvalue weighted by molar-refractivity contribution is 8.16. The van der Waals surface area contributed by atoms with Gasteiger partial charge in [-0.05, 0) is 66.9 Å². The molecular formula is C31H35N3O5S2. The molecule has 4 rings (SSSR count). The molecular weight excluding hydrogens is 558 g/mol. The first-order valence-corrected chi connectivity index (χ1v) is 16.1. The Morgan fingerprint density at radius 1 is 0.951 bits per heavy atom. The molecule has 10 heteroatoms. The molecule has 0 saturated carbocycles. The summed E-state index contributed by atoms with van der Waals surface area (Å²) in [7, 11) is -4.09. The van der Waals surface area contributed by atoms with Crippen molar-refractivity contribution in [2.75, 3.05) is 16.8 Å². The maximum atomic E-state index is 13.5. The van der Waals surface area contributed by atoms with Gasteiger partial charge >= 0.3 is 0 Å². The number of anilines is 2. The van der Waals surface area contributed by atoms with Gasteiger partial charge < -0.3 is 10.1 Å². The van der Waals surface area contributed by atoms with Crippen molar-refractivity contribution in [2.24, 2.45) is 4.40 Å². The van der Waals surface area contributed by atoms with Crippen LogP contribution in [0.25, 0.3) is 0 Å². The second kappa shape index (κ2) is 14.3. The average molecular weight is 594 g/mol. The molecule has 0 aromatic heterocycles. The first kappa shape index (κ1) is 30.3. The summed E-state index contributed by atoms with van der Waals surface area (Å²) in [6.07, 6.45) is 5.12. The van der Waals surface area contributed by atoms with E-state index in [1.807, 2.05) is 6.92 Å². The Hall–Kier alpha value is -3.63. The lowest BCUT2D eigenvalue weighted by molar-refractivity contribution is -0.121. The molecule has 1 heterocycles. The van der Waals surface area contributed by atoms with E-state index in [1.165, 1.54) is 29.9 Å². The largest absolute Gasteiger partial charge is 0.494 e. The van der Waals surface area contributed by atoms with Gasteiger partial charge in [0.25, 0.3) is 10.0 Å². The van der Waals surface area contributed by atoms with Gasteiger partial charge in [-0.3, -0.25) is 14.5 Å². The number of carbonyl (C=O) groups excluding carboxylic acids is 2. The van der Waals surface area contributed by atoms with Gasteiger partial charge in [-0.2, -0.15) is 8.42 Å². The topological polar surface area (TPSA) is 105 Å². The number of benzene rings is 3. The van der Waals surface area contributed by atoms with Crippen LogP contribution in [0, 0.1) is 0 Å². The number of hydrogen-bond donors (Lipinski definition) is 1. The summed E-state index contributed by atoms with van der Waals surface area (Å²) in [5, 5.41) is 2.00. The summed E-state index contributed by atoms with van der Waals surface area (Å²) in [5.74, 6) is -0.0410. The van der Waals surface area contributed by atoms with E-state index in [1.54, 1.807) is 66.7 Å². The van der Waals surface area contributed by atoms with E-state index in [4.69, 9.17) is 4.74 Å². The molecule has 3 aromatic carbocycles. The number of thioether (sulfide) groups is 1. The van der Waals surface area contributed by atoms with Crippen molar-refractivity contribution in [3.8, 4) is 5.75 Å². The van der Waals surface area contributed by atoms with E-state index in [0.29, 0.717) is 18.0 Å². The van der Waals surface area contributed by atoms with Crippen LogP contribution < -0.4 is 15.0 Å². The number of ether oxygens (including phenoxy) is 1. The number of amidine groups is 1. The Labute approximate surface area is 246 Å². The normalized spacial score (nSPS) is 16.2. The van der Waals surface area contributed by atoms with Crippen LogP contribution in [0.3, 0.4) is 0 Å². The lowest BCUT2D eigenvalue weighted by Gasteiger charge is -2.16. The Balaban J connectivity index is 1.45. The first-order valence-electron chi connectivity index (χ1n) is 13.8. The van der Waals surface area contributed by atoms with Crippen LogP contribution in [0.4, 0.5) is 11.4 Å². The Bertz CT molecular complexity index is 1460. The molecule has 216 valence electrons. The van der Waals surface area contributed by atoms with E-state index in [9.17, 15) is 18.0 Å². The summed E-state index contributed by atoms with van der Waals surface area (Å²) in [4.78, 5) is 27.7. The summed E-state index contributed by atoms with van der Waals surface area (Å²) in [6, 6.07) is 22.3. The van der Waals surface area contributed by atoms with Gasteiger partial charge in [0.2, 0.25) is 11.8 Å². The minimum absolute atomic E-state index is 0.0130. The lowest BCUT2D eigenvalue weighted by atomic mass is 10.2. The molecule has 1 saturated heterocycles. The highest BCUT2D eigenvalue weighted by Crippen LogP contribution is 2.35. The number of sulfonamides is 1. The number of para-hydroxylation sites is 1. The van der Waals surface area contributed by atoms with Crippen molar-refractivity contribution >= 4 is 50.1 Å². The van der Waals surface area contributed by atoms with Crippen molar-refractivity contribution in [3.63, 3.8) is 0 Å². The number of aryl methyl sites for hydroxylation is 1. The number of carbonyl (C=O) groups is 2. The lowest BCUT2D eigenvalue weighted by Crippen LogP contribution is -2.33. The van der Waals surface area contributed by atoms with E-state index in [2.05, 4.69) is 16.6 Å². The van der Waals surface area contributed by atoms with E-state index in [-0.39, 0.29) is 22.4 Å². The van der Waals surface area contributed by atoms with Gasteiger partial charge in [-0.1, -0.05) is 75.2 Å². The second-order valence-electron chi connectivity index (χ2n) is 9.65. The van der Waals surface area contributed by atoms with Crippen molar-refractivity contribution in [1.82, 2.24) is 0 Å².